The number of aryl methyl sites for hydroxylation is 1. The molecule has 2 heteroatoms. The first-order valence-corrected chi connectivity index (χ1v) is 4.87. The molecule has 0 spiro atoms. The number of carbonyl (C=O) groups excluding carboxylic acids is 1. The Balaban J connectivity index is 2.33. The Labute approximate surface area is 90.3 Å². The predicted molar refractivity (Wildman–Crippen MR) is 59.4 cm³/mol. The van der Waals surface area contributed by atoms with Gasteiger partial charge in [-0.3, -0.25) is 4.79 Å². The van der Waals surface area contributed by atoms with Gasteiger partial charge in [0.1, 0.15) is 6.61 Å². The highest BCUT2D eigenvalue weighted by atomic mass is 16.5. The van der Waals surface area contributed by atoms with Crippen molar-refractivity contribution >= 4 is 5.78 Å². The van der Waals surface area contributed by atoms with Crippen LogP contribution in [0, 0.1) is 11.8 Å². The lowest BCUT2D eigenvalue weighted by molar-refractivity contribution is -0.113. The number of carbonyl (C=O) groups is 1. The second-order valence-corrected chi connectivity index (χ2v) is 3.14. The van der Waals surface area contributed by atoms with E-state index in [4.69, 9.17) is 4.74 Å². The van der Waals surface area contributed by atoms with Crippen LogP contribution >= 0.6 is 0 Å². The maximum absolute atomic E-state index is 11.3. The van der Waals surface area contributed by atoms with Crippen molar-refractivity contribution in [3.05, 3.63) is 35.9 Å². The quantitative estimate of drug-likeness (QED) is 0.550. The molecule has 0 bridgehead atoms. The molecule has 1 rings (SSSR count). The maximum atomic E-state index is 11.3. The molecular formula is C13H14O2. The molecule has 0 fully saturated rings. The molecule has 0 unspecified atom stereocenters. The molecule has 0 aliphatic rings. The smallest absolute Gasteiger partial charge is 0.205 e. The van der Waals surface area contributed by atoms with Crippen molar-refractivity contribution < 1.29 is 9.53 Å². The highest BCUT2D eigenvalue weighted by Crippen LogP contribution is 2.02. The van der Waals surface area contributed by atoms with E-state index in [0.29, 0.717) is 13.0 Å². The highest BCUT2D eigenvalue weighted by molar-refractivity contribution is 5.95. The molecule has 0 atom stereocenters. The van der Waals surface area contributed by atoms with Crippen LogP contribution in [0.1, 0.15) is 12.0 Å². The van der Waals surface area contributed by atoms with Gasteiger partial charge in [-0.05, 0) is 17.9 Å². The van der Waals surface area contributed by atoms with Gasteiger partial charge in [0.15, 0.2) is 0 Å². The molecule has 0 aromatic heterocycles. The average molecular weight is 202 g/mol. The zero-order valence-electron chi connectivity index (χ0n) is 8.82. The van der Waals surface area contributed by atoms with Gasteiger partial charge in [-0.2, -0.15) is 0 Å². The molecule has 0 heterocycles. The summed E-state index contributed by atoms with van der Waals surface area (Å²) in [6.45, 7) is 0.317. The first kappa shape index (κ1) is 11.5. The molecule has 0 saturated heterocycles. The van der Waals surface area contributed by atoms with Crippen molar-refractivity contribution in [1.82, 2.24) is 0 Å². The fourth-order valence-electron chi connectivity index (χ4n) is 1.17. The largest absolute Gasteiger partial charge is 0.372 e. The van der Waals surface area contributed by atoms with E-state index in [1.165, 1.54) is 5.56 Å². The number of hydrogen-bond acceptors (Lipinski definition) is 2. The molecular weight excluding hydrogens is 188 g/mol. The van der Waals surface area contributed by atoms with Crippen molar-refractivity contribution in [1.29, 1.82) is 0 Å². The molecule has 0 amide bonds. The number of hydrogen-bond donors (Lipinski definition) is 0. The summed E-state index contributed by atoms with van der Waals surface area (Å²) in [7, 11) is 1.56. The number of Topliss-reactive ketones (excluding diaryl/α,β-unsaturated/α-hetero) is 1. The van der Waals surface area contributed by atoms with Gasteiger partial charge in [-0.25, -0.2) is 0 Å². The lowest BCUT2D eigenvalue weighted by atomic mass is 10.1. The SMILES string of the molecule is COCC#CC(=O)CCc1ccccc1. The molecule has 15 heavy (non-hydrogen) atoms. The van der Waals surface area contributed by atoms with Crippen LogP contribution in [0.2, 0.25) is 0 Å². The van der Waals surface area contributed by atoms with Gasteiger partial charge in [-0.1, -0.05) is 36.3 Å². The minimum atomic E-state index is -0.0316. The summed E-state index contributed by atoms with van der Waals surface area (Å²) in [6, 6.07) is 9.92. The Morgan fingerprint density at radius 1 is 1.33 bits per heavy atom. The molecule has 0 aliphatic heterocycles. The molecule has 1 aromatic rings. The highest BCUT2D eigenvalue weighted by Gasteiger charge is 1.97. The van der Waals surface area contributed by atoms with Crippen LogP contribution in [0.3, 0.4) is 0 Å². The van der Waals surface area contributed by atoms with Gasteiger partial charge in [0.2, 0.25) is 5.78 Å². The zero-order valence-corrected chi connectivity index (χ0v) is 8.82. The average Bonchev–Trinajstić information content (AvgIpc) is 2.28. The van der Waals surface area contributed by atoms with E-state index >= 15 is 0 Å². The van der Waals surface area contributed by atoms with Crippen LogP contribution in [-0.4, -0.2) is 19.5 Å². The third-order valence-electron chi connectivity index (χ3n) is 1.93. The standard InChI is InChI=1S/C13H14O2/c1-15-11-5-8-13(14)10-9-12-6-3-2-4-7-12/h2-4,6-7H,9-11H2,1H3. The van der Waals surface area contributed by atoms with Gasteiger partial charge in [0.05, 0.1) is 0 Å². The van der Waals surface area contributed by atoms with E-state index in [1.54, 1.807) is 7.11 Å². The minimum absolute atomic E-state index is 0.0316. The van der Waals surface area contributed by atoms with Crippen molar-refractivity contribution in [2.24, 2.45) is 0 Å². The Morgan fingerprint density at radius 2 is 2.07 bits per heavy atom. The molecule has 2 nitrogen and oxygen atoms in total. The third kappa shape index (κ3) is 4.99. The van der Waals surface area contributed by atoms with E-state index in [-0.39, 0.29) is 5.78 Å². The lowest BCUT2D eigenvalue weighted by Crippen LogP contribution is -1.97. The number of benzene rings is 1. The van der Waals surface area contributed by atoms with Crippen LogP contribution in [0.5, 0.6) is 0 Å². The van der Waals surface area contributed by atoms with E-state index < -0.39 is 0 Å². The Hall–Kier alpha value is -1.59. The zero-order chi connectivity index (χ0) is 10.9. The monoisotopic (exact) mass is 202 g/mol. The van der Waals surface area contributed by atoms with Crippen molar-refractivity contribution in [2.75, 3.05) is 13.7 Å². The Morgan fingerprint density at radius 3 is 2.73 bits per heavy atom. The van der Waals surface area contributed by atoms with Crippen molar-refractivity contribution in [2.45, 2.75) is 12.8 Å². The van der Waals surface area contributed by atoms with Gasteiger partial charge in [0, 0.05) is 13.5 Å². The number of ether oxygens (including phenoxy) is 1. The van der Waals surface area contributed by atoms with Crippen LogP contribution in [0.15, 0.2) is 30.3 Å². The summed E-state index contributed by atoms with van der Waals surface area (Å²) in [5.74, 6) is 5.16. The molecule has 0 N–H and O–H groups in total. The van der Waals surface area contributed by atoms with Gasteiger partial charge < -0.3 is 4.74 Å². The maximum Gasteiger partial charge on any atom is 0.205 e. The van der Waals surface area contributed by atoms with E-state index in [9.17, 15) is 4.79 Å². The van der Waals surface area contributed by atoms with Gasteiger partial charge in [-0.15, -0.1) is 0 Å². The summed E-state index contributed by atoms with van der Waals surface area (Å²) in [4.78, 5) is 11.3. The number of rotatable bonds is 4. The van der Waals surface area contributed by atoms with Crippen LogP contribution in [-0.2, 0) is 16.0 Å². The second kappa shape index (κ2) is 6.80. The van der Waals surface area contributed by atoms with Crippen LogP contribution in [0.4, 0.5) is 0 Å². The molecule has 0 aliphatic carbocycles. The van der Waals surface area contributed by atoms with Gasteiger partial charge in [0.25, 0.3) is 0 Å². The first-order chi connectivity index (χ1) is 7.33. The first-order valence-electron chi connectivity index (χ1n) is 4.87. The molecule has 0 saturated carbocycles. The van der Waals surface area contributed by atoms with Crippen molar-refractivity contribution in [3.8, 4) is 11.8 Å². The summed E-state index contributed by atoms with van der Waals surface area (Å²) in [5.41, 5.74) is 1.17. The lowest BCUT2D eigenvalue weighted by Gasteiger charge is -1.96. The normalized spacial score (nSPS) is 9.13. The fraction of sp³-hybridized carbons (Fsp3) is 0.308. The Kier molecular flexibility index (Phi) is 5.21. The summed E-state index contributed by atoms with van der Waals surface area (Å²) in [6.07, 6.45) is 1.22. The van der Waals surface area contributed by atoms with Gasteiger partial charge >= 0.3 is 0 Å². The van der Waals surface area contributed by atoms with Crippen LogP contribution in [0.25, 0.3) is 0 Å². The third-order valence-corrected chi connectivity index (χ3v) is 1.93. The molecule has 1 aromatic carbocycles. The topological polar surface area (TPSA) is 26.3 Å². The van der Waals surface area contributed by atoms with E-state index in [1.807, 2.05) is 30.3 Å². The summed E-state index contributed by atoms with van der Waals surface area (Å²) < 4.78 is 4.73. The fourth-order valence-corrected chi connectivity index (χ4v) is 1.17. The Bertz CT molecular complexity index is 357. The minimum Gasteiger partial charge on any atom is -0.372 e. The number of methoxy groups -OCH3 is 1. The van der Waals surface area contributed by atoms with E-state index in [2.05, 4.69) is 11.8 Å². The number of ketones is 1. The molecule has 78 valence electrons. The van der Waals surface area contributed by atoms with E-state index in [0.717, 1.165) is 6.42 Å². The van der Waals surface area contributed by atoms with Crippen molar-refractivity contribution in [3.63, 3.8) is 0 Å². The predicted octanol–water partition coefficient (Wildman–Crippen LogP) is 1.84. The second-order valence-electron chi connectivity index (χ2n) is 3.14. The summed E-state index contributed by atoms with van der Waals surface area (Å²) >= 11 is 0. The van der Waals surface area contributed by atoms with Crippen LogP contribution < -0.4 is 0 Å². The summed E-state index contributed by atoms with van der Waals surface area (Å²) in [5, 5.41) is 0. The molecule has 0 radical (unpaired) electrons.